The van der Waals surface area contributed by atoms with Gasteiger partial charge in [-0.3, -0.25) is 4.79 Å². The molecular formula is C18H15ClN6OS. The minimum absolute atomic E-state index is 0.167. The zero-order chi connectivity index (χ0) is 19.0. The maximum Gasteiger partial charge on any atom is 0.258 e. The molecule has 0 saturated carbocycles. The number of hydrogen-bond donors (Lipinski definition) is 2. The second kappa shape index (κ2) is 7.05. The van der Waals surface area contributed by atoms with Crippen LogP contribution in [0.4, 0.5) is 0 Å². The van der Waals surface area contributed by atoms with Crippen molar-refractivity contribution in [2.75, 3.05) is 5.84 Å². The number of H-pyrrole nitrogens is 1. The molecule has 0 spiro atoms. The average molecular weight is 399 g/mol. The molecule has 0 amide bonds. The summed E-state index contributed by atoms with van der Waals surface area (Å²) in [7, 11) is 0. The van der Waals surface area contributed by atoms with E-state index in [0.717, 1.165) is 5.56 Å². The van der Waals surface area contributed by atoms with E-state index >= 15 is 0 Å². The lowest BCUT2D eigenvalue weighted by Crippen LogP contribution is -2.14. The molecule has 7 nitrogen and oxygen atoms in total. The van der Waals surface area contributed by atoms with Crippen molar-refractivity contribution >= 4 is 34.3 Å². The monoisotopic (exact) mass is 398 g/mol. The molecule has 1 atom stereocenters. The number of halogens is 1. The van der Waals surface area contributed by atoms with Gasteiger partial charge >= 0.3 is 0 Å². The zero-order valence-corrected chi connectivity index (χ0v) is 15.8. The van der Waals surface area contributed by atoms with E-state index in [-0.39, 0.29) is 10.8 Å². The normalized spacial score (nSPS) is 12.4. The maximum absolute atomic E-state index is 12.3. The van der Waals surface area contributed by atoms with Gasteiger partial charge in [-0.2, -0.15) is 0 Å². The quantitative estimate of drug-likeness (QED) is 0.403. The van der Waals surface area contributed by atoms with E-state index in [1.165, 1.54) is 16.4 Å². The molecule has 3 N–H and O–H groups in total. The molecule has 9 heteroatoms. The summed E-state index contributed by atoms with van der Waals surface area (Å²) in [5.74, 6) is 7.25. The molecule has 2 aromatic heterocycles. The third-order valence-electron chi connectivity index (χ3n) is 4.07. The Bertz CT molecular complexity index is 1170. The SMILES string of the molecule is C[C@H](Sc1nnc(-c2ccc(Cl)cc2)n1N)c1nc2ccccc2c(=O)[nH]1. The van der Waals surface area contributed by atoms with Gasteiger partial charge in [-0.15, -0.1) is 10.2 Å². The van der Waals surface area contributed by atoms with E-state index in [9.17, 15) is 4.79 Å². The Balaban J connectivity index is 1.63. The first kappa shape index (κ1) is 17.6. The number of nitrogens with zero attached hydrogens (tertiary/aromatic N) is 4. The topological polar surface area (TPSA) is 102 Å². The maximum atomic E-state index is 12.3. The first-order valence-corrected chi connectivity index (χ1v) is 9.41. The van der Waals surface area contributed by atoms with Crippen molar-refractivity contribution in [2.45, 2.75) is 17.3 Å². The number of benzene rings is 2. The Morgan fingerprint density at radius 1 is 1.15 bits per heavy atom. The van der Waals surface area contributed by atoms with Crippen LogP contribution in [0.1, 0.15) is 18.0 Å². The molecule has 0 bridgehead atoms. The third kappa shape index (κ3) is 3.41. The van der Waals surface area contributed by atoms with Crippen LogP contribution in [-0.4, -0.2) is 24.8 Å². The van der Waals surface area contributed by atoms with Gasteiger partial charge in [0.15, 0.2) is 5.82 Å². The summed E-state index contributed by atoms with van der Waals surface area (Å²) in [6.07, 6.45) is 0. The average Bonchev–Trinajstić information content (AvgIpc) is 3.03. The second-order valence-electron chi connectivity index (χ2n) is 5.91. The summed E-state index contributed by atoms with van der Waals surface area (Å²) >= 11 is 7.29. The number of fused-ring (bicyclic) bond motifs is 1. The van der Waals surface area contributed by atoms with Crippen molar-refractivity contribution in [1.82, 2.24) is 24.8 Å². The van der Waals surface area contributed by atoms with Gasteiger partial charge in [0, 0.05) is 10.6 Å². The number of aromatic nitrogens is 5. The fourth-order valence-corrected chi connectivity index (χ4v) is 3.62. The lowest BCUT2D eigenvalue weighted by molar-refractivity contribution is 0.835. The van der Waals surface area contributed by atoms with E-state index in [1.807, 2.05) is 37.3 Å². The highest BCUT2D eigenvalue weighted by atomic mass is 35.5. The Morgan fingerprint density at radius 2 is 1.89 bits per heavy atom. The Hall–Kier alpha value is -2.84. The van der Waals surface area contributed by atoms with Gasteiger partial charge in [0.1, 0.15) is 5.82 Å². The minimum atomic E-state index is -0.174. The largest absolute Gasteiger partial charge is 0.335 e. The molecule has 2 heterocycles. The molecule has 0 aliphatic heterocycles. The van der Waals surface area contributed by atoms with Crippen LogP contribution in [0, 0.1) is 0 Å². The summed E-state index contributed by atoms with van der Waals surface area (Å²) in [5.41, 5.74) is 1.30. The fraction of sp³-hybridized carbons (Fsp3) is 0.111. The number of aromatic amines is 1. The summed E-state index contributed by atoms with van der Waals surface area (Å²) in [6.45, 7) is 1.92. The smallest absolute Gasteiger partial charge is 0.258 e. The number of nitrogens with two attached hydrogens (primary N) is 1. The van der Waals surface area contributed by atoms with E-state index in [0.29, 0.717) is 32.7 Å². The molecule has 2 aromatic carbocycles. The van der Waals surface area contributed by atoms with E-state index < -0.39 is 0 Å². The number of para-hydroxylation sites is 1. The predicted molar refractivity (Wildman–Crippen MR) is 107 cm³/mol. The van der Waals surface area contributed by atoms with Crippen LogP contribution in [0.25, 0.3) is 22.3 Å². The predicted octanol–water partition coefficient (Wildman–Crippen LogP) is 3.40. The molecule has 27 heavy (non-hydrogen) atoms. The van der Waals surface area contributed by atoms with Crippen molar-refractivity contribution < 1.29 is 0 Å². The number of rotatable bonds is 4. The molecule has 4 aromatic rings. The number of nitrogens with one attached hydrogen (secondary N) is 1. The lowest BCUT2D eigenvalue weighted by Gasteiger charge is -2.10. The Morgan fingerprint density at radius 3 is 2.67 bits per heavy atom. The number of nitrogen functional groups attached to an aromatic ring is 1. The van der Waals surface area contributed by atoms with Crippen LogP contribution < -0.4 is 11.4 Å². The molecule has 136 valence electrons. The summed E-state index contributed by atoms with van der Waals surface area (Å²) in [6, 6.07) is 14.4. The zero-order valence-electron chi connectivity index (χ0n) is 14.3. The molecule has 0 fully saturated rings. The van der Waals surface area contributed by atoms with Crippen molar-refractivity contribution in [3.63, 3.8) is 0 Å². The highest BCUT2D eigenvalue weighted by Crippen LogP contribution is 2.33. The van der Waals surface area contributed by atoms with E-state index in [2.05, 4.69) is 20.2 Å². The van der Waals surface area contributed by atoms with Gasteiger partial charge in [-0.1, -0.05) is 35.5 Å². The van der Waals surface area contributed by atoms with Crippen LogP contribution in [0.2, 0.25) is 5.02 Å². The van der Waals surface area contributed by atoms with Gasteiger partial charge in [0.25, 0.3) is 5.56 Å². The van der Waals surface area contributed by atoms with Crippen molar-refractivity contribution in [1.29, 1.82) is 0 Å². The van der Waals surface area contributed by atoms with E-state index in [4.69, 9.17) is 17.4 Å². The van der Waals surface area contributed by atoms with Gasteiger partial charge in [0.05, 0.1) is 16.2 Å². The lowest BCUT2D eigenvalue weighted by atomic mass is 10.2. The van der Waals surface area contributed by atoms with Crippen molar-refractivity contribution in [3.05, 3.63) is 69.7 Å². The van der Waals surface area contributed by atoms with Crippen molar-refractivity contribution in [2.24, 2.45) is 0 Å². The minimum Gasteiger partial charge on any atom is -0.335 e. The van der Waals surface area contributed by atoms with Crippen LogP contribution >= 0.6 is 23.4 Å². The highest BCUT2D eigenvalue weighted by Gasteiger charge is 2.18. The molecule has 4 rings (SSSR count). The molecular weight excluding hydrogens is 384 g/mol. The fourth-order valence-electron chi connectivity index (χ4n) is 2.66. The van der Waals surface area contributed by atoms with Crippen LogP contribution in [0.3, 0.4) is 0 Å². The highest BCUT2D eigenvalue weighted by molar-refractivity contribution is 7.99. The van der Waals surface area contributed by atoms with Gasteiger partial charge in [-0.25, -0.2) is 9.66 Å². The molecule has 0 unspecified atom stereocenters. The molecule has 0 radical (unpaired) electrons. The number of thioether (sulfide) groups is 1. The summed E-state index contributed by atoms with van der Waals surface area (Å²) in [4.78, 5) is 19.6. The number of hydrogen-bond acceptors (Lipinski definition) is 6. The van der Waals surface area contributed by atoms with Gasteiger partial charge in [0.2, 0.25) is 5.16 Å². The van der Waals surface area contributed by atoms with Crippen LogP contribution in [0.15, 0.2) is 58.5 Å². The van der Waals surface area contributed by atoms with Gasteiger partial charge < -0.3 is 10.8 Å². The second-order valence-corrected chi connectivity index (χ2v) is 7.66. The third-order valence-corrected chi connectivity index (χ3v) is 5.38. The van der Waals surface area contributed by atoms with E-state index in [1.54, 1.807) is 18.2 Å². The van der Waals surface area contributed by atoms with Crippen LogP contribution in [0.5, 0.6) is 0 Å². The summed E-state index contributed by atoms with van der Waals surface area (Å²) < 4.78 is 1.42. The first-order chi connectivity index (χ1) is 13.0. The summed E-state index contributed by atoms with van der Waals surface area (Å²) in [5, 5.41) is 9.86. The molecule has 0 aliphatic carbocycles. The Kier molecular flexibility index (Phi) is 4.59. The Labute approximate surface area is 163 Å². The van der Waals surface area contributed by atoms with Crippen LogP contribution in [-0.2, 0) is 0 Å². The van der Waals surface area contributed by atoms with Crippen molar-refractivity contribution in [3.8, 4) is 11.4 Å². The van der Waals surface area contributed by atoms with Gasteiger partial charge in [-0.05, 0) is 43.3 Å². The molecule has 0 saturated heterocycles. The molecule has 0 aliphatic rings. The first-order valence-electron chi connectivity index (χ1n) is 8.15. The standard InChI is InChI=1S/C18H15ClN6OS/c1-10(15-21-14-5-3-2-4-13(14)17(26)22-15)27-18-24-23-16(25(18)20)11-6-8-12(19)9-7-11/h2-10H,20H2,1H3,(H,21,22,26)/t10-/m0/s1.